The highest BCUT2D eigenvalue weighted by Gasteiger charge is 2.33. The number of carbonyl (C=O) groups is 1. The number of nitrogens with one attached hydrogen (secondary N) is 1. The first-order chi connectivity index (χ1) is 17.3. The van der Waals surface area contributed by atoms with Gasteiger partial charge >= 0.3 is 13.6 Å². The second kappa shape index (κ2) is 9.84. The van der Waals surface area contributed by atoms with E-state index in [4.69, 9.17) is 4.42 Å². The van der Waals surface area contributed by atoms with Crippen molar-refractivity contribution in [3.63, 3.8) is 0 Å². The fraction of sp³-hybridized carbons (Fsp3) is 0.185. The number of pyridine rings is 1. The van der Waals surface area contributed by atoms with E-state index in [1.807, 2.05) is 66.7 Å². The lowest BCUT2D eigenvalue weighted by atomic mass is 10.0. The Morgan fingerprint density at radius 3 is 2.56 bits per heavy atom. The van der Waals surface area contributed by atoms with E-state index in [2.05, 4.69) is 10.3 Å². The minimum Gasteiger partial charge on any atom is -0.480 e. The number of benzene rings is 3. The molecule has 0 unspecified atom stereocenters. The molecule has 0 bridgehead atoms. The third kappa shape index (κ3) is 5.03. The lowest BCUT2D eigenvalue weighted by Gasteiger charge is -2.24. The van der Waals surface area contributed by atoms with Gasteiger partial charge in [-0.05, 0) is 48.6 Å². The van der Waals surface area contributed by atoms with Crippen LogP contribution in [0.5, 0.6) is 0 Å². The molecule has 36 heavy (non-hydrogen) atoms. The van der Waals surface area contributed by atoms with E-state index < -0.39 is 25.4 Å². The highest BCUT2D eigenvalue weighted by molar-refractivity contribution is 7.52. The van der Waals surface area contributed by atoms with Crippen LogP contribution in [0.2, 0.25) is 0 Å². The van der Waals surface area contributed by atoms with E-state index in [1.165, 1.54) is 0 Å². The molecule has 2 heterocycles. The van der Waals surface area contributed by atoms with E-state index in [-0.39, 0.29) is 12.8 Å². The van der Waals surface area contributed by atoms with Gasteiger partial charge < -0.3 is 19.3 Å². The molecule has 0 aliphatic heterocycles. The number of carboxylic acid groups (broad SMARTS) is 1. The quantitative estimate of drug-likeness (QED) is 0.209. The smallest absolute Gasteiger partial charge is 0.342 e. The van der Waals surface area contributed by atoms with Crippen LogP contribution >= 0.6 is 7.60 Å². The van der Waals surface area contributed by atoms with Gasteiger partial charge in [0.1, 0.15) is 23.0 Å². The van der Waals surface area contributed by atoms with Gasteiger partial charge in [0, 0.05) is 22.4 Å². The van der Waals surface area contributed by atoms with Crippen LogP contribution in [0.3, 0.4) is 0 Å². The average molecular weight is 504 g/mol. The van der Waals surface area contributed by atoms with Gasteiger partial charge in [-0.15, -0.1) is 0 Å². The van der Waals surface area contributed by atoms with Crippen LogP contribution in [0, 0.1) is 0 Å². The molecule has 0 aliphatic carbocycles. The van der Waals surface area contributed by atoms with Gasteiger partial charge in [-0.25, -0.2) is 0 Å². The van der Waals surface area contributed by atoms with Crippen molar-refractivity contribution in [3.8, 4) is 0 Å². The summed E-state index contributed by atoms with van der Waals surface area (Å²) in [6.07, 6.45) is 2.08. The van der Waals surface area contributed by atoms with E-state index in [9.17, 15) is 24.3 Å². The summed E-state index contributed by atoms with van der Waals surface area (Å²) in [7, 11) is -4.64. The predicted molar refractivity (Wildman–Crippen MR) is 138 cm³/mol. The van der Waals surface area contributed by atoms with E-state index >= 15 is 0 Å². The van der Waals surface area contributed by atoms with Crippen LogP contribution < -0.4 is 5.32 Å². The molecule has 8 nitrogen and oxygen atoms in total. The number of para-hydroxylation sites is 2. The zero-order valence-corrected chi connectivity index (χ0v) is 20.1. The van der Waals surface area contributed by atoms with Gasteiger partial charge in [0.05, 0.1) is 5.52 Å². The number of aliphatic carboxylic acids is 1. The Kier molecular flexibility index (Phi) is 6.60. The minimum absolute atomic E-state index is 0.0364. The molecule has 0 amide bonds. The first-order valence-corrected chi connectivity index (χ1v) is 13.2. The Hall–Kier alpha value is -3.55. The molecule has 0 aliphatic rings. The number of aromatic nitrogens is 1. The average Bonchev–Trinajstić information content (AvgIpc) is 3.22. The maximum absolute atomic E-state index is 12.3. The normalized spacial score (nSPS) is 13.8. The van der Waals surface area contributed by atoms with Gasteiger partial charge in [0.15, 0.2) is 0 Å². The maximum atomic E-state index is 12.3. The number of aryl methyl sites for hydroxylation is 1. The molecule has 0 radical (unpaired) electrons. The first kappa shape index (κ1) is 24.2. The van der Waals surface area contributed by atoms with Crippen LogP contribution in [0.25, 0.3) is 32.8 Å². The van der Waals surface area contributed by atoms with Crippen molar-refractivity contribution in [1.29, 1.82) is 0 Å². The predicted octanol–water partition coefficient (Wildman–Crippen LogP) is 4.86. The minimum atomic E-state index is -4.64. The van der Waals surface area contributed by atoms with Crippen LogP contribution in [0.15, 0.2) is 83.4 Å². The molecule has 0 spiro atoms. The second-order valence-corrected chi connectivity index (χ2v) is 10.6. The van der Waals surface area contributed by atoms with Crippen molar-refractivity contribution >= 4 is 46.4 Å². The van der Waals surface area contributed by atoms with Crippen LogP contribution in [-0.4, -0.2) is 37.7 Å². The lowest BCUT2D eigenvalue weighted by molar-refractivity contribution is -0.139. The fourth-order valence-electron chi connectivity index (χ4n) is 4.59. The molecular formula is C27H25N2O6P. The van der Waals surface area contributed by atoms with Gasteiger partial charge in [0.25, 0.3) is 0 Å². The molecule has 3 aromatic carbocycles. The molecule has 184 valence electrons. The number of rotatable bonds is 9. The highest BCUT2D eigenvalue weighted by Crippen LogP contribution is 2.42. The van der Waals surface area contributed by atoms with E-state index in [1.54, 1.807) is 12.3 Å². The number of nitrogens with zero attached hydrogens (tertiary/aromatic N) is 1. The van der Waals surface area contributed by atoms with Crippen LogP contribution in [0.4, 0.5) is 0 Å². The van der Waals surface area contributed by atoms with Crippen molar-refractivity contribution in [2.75, 3.05) is 0 Å². The second-order valence-electron chi connectivity index (χ2n) is 8.83. The number of hydrogen-bond acceptors (Lipinski definition) is 5. The van der Waals surface area contributed by atoms with Crippen molar-refractivity contribution in [3.05, 3.63) is 90.1 Å². The van der Waals surface area contributed by atoms with Crippen molar-refractivity contribution in [1.82, 2.24) is 10.3 Å². The van der Waals surface area contributed by atoms with Gasteiger partial charge in [-0.2, -0.15) is 0 Å². The Labute approximate surface area is 206 Å². The van der Waals surface area contributed by atoms with E-state index in [0.717, 1.165) is 32.8 Å². The Balaban J connectivity index is 1.36. The summed E-state index contributed by atoms with van der Waals surface area (Å²) in [4.78, 5) is 36.5. The first-order valence-electron chi connectivity index (χ1n) is 11.6. The Bertz CT molecular complexity index is 1600. The number of furan rings is 1. The number of fused-ring (bicyclic) bond motifs is 4. The van der Waals surface area contributed by atoms with Gasteiger partial charge in [-0.3, -0.25) is 19.7 Å². The van der Waals surface area contributed by atoms with Crippen LogP contribution in [-0.2, 0) is 22.2 Å². The molecular weight excluding hydrogens is 479 g/mol. The SMILES string of the molecule is O=C(O)[C@H](Cc1ccc2c(c1)oc1ccccc12)N[C@@H](CCc1cccc2cccnc12)P(=O)(O)O. The fourth-order valence-corrected chi connectivity index (χ4v) is 5.43. The van der Waals surface area contributed by atoms with Crippen LogP contribution in [0.1, 0.15) is 17.5 Å². The zero-order valence-electron chi connectivity index (χ0n) is 19.2. The summed E-state index contributed by atoms with van der Waals surface area (Å²) >= 11 is 0. The number of hydrogen-bond donors (Lipinski definition) is 4. The molecule has 2 atom stereocenters. The molecule has 9 heteroatoms. The molecule has 0 saturated carbocycles. The zero-order chi connectivity index (χ0) is 25.3. The van der Waals surface area contributed by atoms with Crippen molar-refractivity contribution in [2.45, 2.75) is 31.1 Å². The van der Waals surface area contributed by atoms with Gasteiger partial charge in [0.2, 0.25) is 0 Å². The summed E-state index contributed by atoms with van der Waals surface area (Å²) in [6.45, 7) is 0. The molecule has 0 fully saturated rings. The molecule has 5 aromatic rings. The lowest BCUT2D eigenvalue weighted by Crippen LogP contribution is -2.44. The van der Waals surface area contributed by atoms with Crippen molar-refractivity contribution in [2.24, 2.45) is 0 Å². The van der Waals surface area contributed by atoms with Crippen molar-refractivity contribution < 1.29 is 28.7 Å². The number of carboxylic acids is 1. The molecule has 2 aromatic heterocycles. The summed E-state index contributed by atoms with van der Waals surface area (Å²) in [5, 5.41) is 15.4. The summed E-state index contributed by atoms with van der Waals surface area (Å²) < 4.78 is 18.2. The molecule has 4 N–H and O–H groups in total. The maximum Gasteiger partial charge on any atom is 0.342 e. The standard InChI is InChI=1S/C27H25N2O6P/c30-27(31)22(15-17-10-12-21-20-8-1-2-9-23(20)35-24(21)16-17)29-25(36(32,33)34)13-11-19-6-3-5-18-7-4-14-28-26(18)19/h1-10,12,14,16,22,25,29H,11,13,15H2,(H,30,31)(H2,32,33,34)/t22-,25+/m0/s1. The summed E-state index contributed by atoms with van der Waals surface area (Å²) in [5.41, 5.74) is 3.66. The Morgan fingerprint density at radius 1 is 0.972 bits per heavy atom. The molecule has 5 rings (SSSR count). The Morgan fingerprint density at radius 2 is 1.75 bits per heavy atom. The summed E-state index contributed by atoms with van der Waals surface area (Å²) in [5.74, 6) is -2.52. The largest absolute Gasteiger partial charge is 0.480 e. The van der Waals surface area contributed by atoms with E-state index in [0.29, 0.717) is 17.6 Å². The molecule has 0 saturated heterocycles. The topological polar surface area (TPSA) is 133 Å². The monoisotopic (exact) mass is 504 g/mol. The van der Waals surface area contributed by atoms with Gasteiger partial charge in [-0.1, -0.05) is 54.6 Å². The highest BCUT2D eigenvalue weighted by atomic mass is 31.2. The third-order valence-electron chi connectivity index (χ3n) is 6.38. The third-order valence-corrected chi connectivity index (χ3v) is 7.60. The summed E-state index contributed by atoms with van der Waals surface area (Å²) in [6, 6.07) is 21.3.